The summed E-state index contributed by atoms with van der Waals surface area (Å²) in [6.45, 7) is 1.65. The third-order valence-electron chi connectivity index (χ3n) is 4.07. The highest BCUT2D eigenvalue weighted by atomic mass is 19.1. The van der Waals surface area contributed by atoms with Crippen molar-refractivity contribution < 1.29 is 18.7 Å². The number of ether oxygens (including phenoxy) is 1. The number of halogens is 1. The molecular weight excluding hydrogens is 363 g/mol. The number of rotatable bonds is 5. The Morgan fingerprint density at radius 1 is 1.04 bits per heavy atom. The van der Waals surface area contributed by atoms with E-state index in [0.29, 0.717) is 28.1 Å². The molecular formula is C20H19FN4O3. The van der Waals surface area contributed by atoms with Crippen molar-refractivity contribution in [2.75, 3.05) is 17.7 Å². The van der Waals surface area contributed by atoms with Crippen molar-refractivity contribution in [2.24, 2.45) is 7.05 Å². The number of aromatic nitrogens is 2. The average Bonchev–Trinajstić information content (AvgIpc) is 3.06. The van der Waals surface area contributed by atoms with Crippen LogP contribution in [-0.2, 0) is 7.05 Å². The Labute approximate surface area is 161 Å². The third-order valence-corrected chi connectivity index (χ3v) is 4.07. The van der Waals surface area contributed by atoms with E-state index >= 15 is 0 Å². The number of carbonyl (C=O) groups excluding carboxylic acids is 2. The van der Waals surface area contributed by atoms with Gasteiger partial charge in [-0.2, -0.15) is 0 Å². The van der Waals surface area contributed by atoms with Crippen LogP contribution in [0.2, 0.25) is 0 Å². The van der Waals surface area contributed by atoms with E-state index in [0.717, 1.165) is 0 Å². The van der Waals surface area contributed by atoms with Crippen molar-refractivity contribution in [3.63, 3.8) is 0 Å². The minimum atomic E-state index is -0.387. The largest absolute Gasteiger partial charge is 0.479 e. The van der Waals surface area contributed by atoms with Crippen LogP contribution in [0.15, 0.2) is 48.7 Å². The molecule has 2 aromatic carbocycles. The fourth-order valence-corrected chi connectivity index (χ4v) is 2.55. The highest BCUT2D eigenvalue weighted by molar-refractivity contribution is 6.07. The van der Waals surface area contributed by atoms with Gasteiger partial charge in [-0.05, 0) is 48.9 Å². The fourth-order valence-electron chi connectivity index (χ4n) is 2.55. The summed E-state index contributed by atoms with van der Waals surface area (Å²) in [5.74, 6) is -0.921. The molecule has 0 saturated carbocycles. The van der Waals surface area contributed by atoms with Crippen LogP contribution in [0.3, 0.4) is 0 Å². The van der Waals surface area contributed by atoms with Gasteiger partial charge >= 0.3 is 0 Å². The zero-order valence-electron chi connectivity index (χ0n) is 15.6. The summed E-state index contributed by atoms with van der Waals surface area (Å²) >= 11 is 0. The first kappa shape index (κ1) is 19.1. The maximum absolute atomic E-state index is 13.6. The molecule has 8 heteroatoms. The number of nitrogens with zero attached hydrogens (tertiary/aromatic N) is 2. The SMILES string of the molecule is COc1nn(C)cc1C(=O)Nc1ccc(C(=O)Nc2ccc(C)c(F)c2)cc1. The second-order valence-corrected chi connectivity index (χ2v) is 6.18. The van der Waals surface area contributed by atoms with Crippen molar-refractivity contribution >= 4 is 23.2 Å². The molecule has 0 aliphatic carbocycles. The number of benzene rings is 2. The first-order valence-electron chi connectivity index (χ1n) is 8.44. The number of hydrogen-bond donors (Lipinski definition) is 2. The Hall–Kier alpha value is -3.68. The van der Waals surface area contributed by atoms with E-state index in [1.165, 1.54) is 17.9 Å². The Bertz CT molecular complexity index is 1030. The van der Waals surface area contributed by atoms with Gasteiger partial charge in [0, 0.05) is 30.2 Å². The quantitative estimate of drug-likeness (QED) is 0.708. The van der Waals surface area contributed by atoms with Gasteiger partial charge in [-0.15, -0.1) is 5.10 Å². The third kappa shape index (κ3) is 4.17. The lowest BCUT2D eigenvalue weighted by atomic mass is 10.1. The lowest BCUT2D eigenvalue weighted by molar-refractivity contribution is 0.101. The molecule has 0 bridgehead atoms. The fraction of sp³-hybridized carbons (Fsp3) is 0.150. The standard InChI is InChI=1S/C20H19FN4O3/c1-12-4-7-15(10-17(12)21)23-18(26)13-5-8-14(9-6-13)22-19(27)16-11-25(2)24-20(16)28-3/h4-11H,1-3H3,(H,22,27)(H,23,26). The van der Waals surface area contributed by atoms with Crippen LogP contribution in [0.1, 0.15) is 26.3 Å². The molecule has 1 heterocycles. The molecule has 28 heavy (non-hydrogen) atoms. The molecule has 2 amide bonds. The van der Waals surface area contributed by atoms with Gasteiger partial charge in [0.25, 0.3) is 11.8 Å². The molecule has 0 atom stereocenters. The topological polar surface area (TPSA) is 85.2 Å². The maximum atomic E-state index is 13.6. The molecule has 0 radical (unpaired) electrons. The zero-order chi connectivity index (χ0) is 20.3. The molecule has 1 aromatic heterocycles. The molecule has 0 fully saturated rings. The van der Waals surface area contributed by atoms with Gasteiger partial charge in [0.2, 0.25) is 5.88 Å². The number of hydrogen-bond acceptors (Lipinski definition) is 4. The molecule has 144 valence electrons. The van der Waals surface area contributed by atoms with Crippen LogP contribution in [0.4, 0.5) is 15.8 Å². The van der Waals surface area contributed by atoms with E-state index in [2.05, 4.69) is 15.7 Å². The van der Waals surface area contributed by atoms with Crippen LogP contribution in [0.5, 0.6) is 5.88 Å². The molecule has 0 spiro atoms. The number of methoxy groups -OCH3 is 1. The van der Waals surface area contributed by atoms with E-state index in [1.807, 2.05) is 0 Å². The average molecular weight is 382 g/mol. The van der Waals surface area contributed by atoms with Gasteiger partial charge in [-0.25, -0.2) is 4.39 Å². The van der Waals surface area contributed by atoms with Crippen molar-refractivity contribution in [1.82, 2.24) is 9.78 Å². The monoisotopic (exact) mass is 382 g/mol. The summed E-state index contributed by atoms with van der Waals surface area (Å²) in [7, 11) is 3.12. The van der Waals surface area contributed by atoms with Crippen LogP contribution < -0.4 is 15.4 Å². The zero-order valence-corrected chi connectivity index (χ0v) is 15.6. The van der Waals surface area contributed by atoms with Crippen molar-refractivity contribution in [3.05, 3.63) is 71.2 Å². The van der Waals surface area contributed by atoms with Crippen molar-refractivity contribution in [2.45, 2.75) is 6.92 Å². The molecule has 2 N–H and O–H groups in total. The highest BCUT2D eigenvalue weighted by Gasteiger charge is 2.16. The van der Waals surface area contributed by atoms with Gasteiger partial charge in [0.15, 0.2) is 0 Å². The van der Waals surface area contributed by atoms with Gasteiger partial charge in [-0.3, -0.25) is 14.3 Å². The first-order valence-corrected chi connectivity index (χ1v) is 8.44. The van der Waals surface area contributed by atoms with E-state index in [4.69, 9.17) is 4.74 Å². The molecule has 0 aliphatic rings. The van der Waals surface area contributed by atoms with Gasteiger partial charge in [0.1, 0.15) is 11.4 Å². The Morgan fingerprint density at radius 3 is 2.32 bits per heavy atom. The minimum absolute atomic E-state index is 0.223. The summed E-state index contributed by atoms with van der Waals surface area (Å²) in [6, 6.07) is 10.8. The van der Waals surface area contributed by atoms with Gasteiger partial charge in [-0.1, -0.05) is 6.07 Å². The second kappa shape index (κ2) is 7.91. The van der Waals surface area contributed by atoms with E-state index in [9.17, 15) is 14.0 Å². The van der Waals surface area contributed by atoms with E-state index in [-0.39, 0.29) is 23.5 Å². The van der Waals surface area contributed by atoms with Crippen LogP contribution in [0, 0.1) is 12.7 Å². The lowest BCUT2D eigenvalue weighted by Gasteiger charge is -2.08. The van der Waals surface area contributed by atoms with Crippen LogP contribution in [-0.4, -0.2) is 28.7 Å². The lowest BCUT2D eigenvalue weighted by Crippen LogP contribution is -2.14. The summed E-state index contributed by atoms with van der Waals surface area (Å²) < 4.78 is 20.2. The van der Waals surface area contributed by atoms with Gasteiger partial charge in [0.05, 0.1) is 7.11 Å². The molecule has 0 unspecified atom stereocenters. The van der Waals surface area contributed by atoms with Crippen LogP contribution in [0.25, 0.3) is 0 Å². The number of aryl methyl sites for hydroxylation is 2. The molecule has 3 rings (SSSR count). The second-order valence-electron chi connectivity index (χ2n) is 6.18. The Balaban J connectivity index is 1.68. The van der Waals surface area contributed by atoms with E-state index in [1.54, 1.807) is 56.6 Å². The Kier molecular flexibility index (Phi) is 5.39. The summed E-state index contributed by atoms with van der Waals surface area (Å²) in [4.78, 5) is 24.7. The predicted octanol–water partition coefficient (Wildman–Crippen LogP) is 3.38. The molecule has 0 aliphatic heterocycles. The first-order chi connectivity index (χ1) is 13.4. The normalized spacial score (nSPS) is 10.4. The summed E-state index contributed by atoms with van der Waals surface area (Å²) in [6.07, 6.45) is 1.55. The maximum Gasteiger partial charge on any atom is 0.262 e. The van der Waals surface area contributed by atoms with Crippen molar-refractivity contribution in [3.8, 4) is 5.88 Å². The molecule has 0 saturated heterocycles. The smallest absolute Gasteiger partial charge is 0.262 e. The highest BCUT2D eigenvalue weighted by Crippen LogP contribution is 2.19. The number of amides is 2. The summed E-state index contributed by atoms with van der Waals surface area (Å²) in [5, 5.41) is 9.39. The number of nitrogens with one attached hydrogen (secondary N) is 2. The predicted molar refractivity (Wildman–Crippen MR) is 103 cm³/mol. The van der Waals surface area contributed by atoms with Crippen LogP contribution >= 0.6 is 0 Å². The van der Waals surface area contributed by atoms with Gasteiger partial charge < -0.3 is 15.4 Å². The number of anilines is 2. The number of carbonyl (C=O) groups is 2. The molecule has 7 nitrogen and oxygen atoms in total. The molecule has 3 aromatic rings. The minimum Gasteiger partial charge on any atom is -0.479 e. The van der Waals surface area contributed by atoms with E-state index < -0.39 is 0 Å². The van der Waals surface area contributed by atoms with Crippen molar-refractivity contribution in [1.29, 1.82) is 0 Å². The summed E-state index contributed by atoms with van der Waals surface area (Å²) in [5.41, 5.74) is 2.05. The Morgan fingerprint density at radius 2 is 1.68 bits per heavy atom.